The Labute approximate surface area is 144 Å². The van der Waals surface area contributed by atoms with E-state index in [1.807, 2.05) is 36.4 Å². The van der Waals surface area contributed by atoms with E-state index >= 15 is 0 Å². The Morgan fingerprint density at radius 3 is 1.54 bits per heavy atom. The second kappa shape index (κ2) is 8.18. The van der Waals surface area contributed by atoms with E-state index in [1.165, 1.54) is 36.8 Å². The molecule has 0 aromatic heterocycles. The highest BCUT2D eigenvalue weighted by Crippen LogP contribution is 2.21. The van der Waals surface area contributed by atoms with Crippen molar-refractivity contribution in [1.82, 2.24) is 10.6 Å². The monoisotopic (exact) mass is 324 g/mol. The summed E-state index contributed by atoms with van der Waals surface area (Å²) in [6, 6.07) is 17.1. The molecule has 1 aliphatic carbocycles. The first kappa shape index (κ1) is 16.8. The summed E-state index contributed by atoms with van der Waals surface area (Å²) in [5.74, 6) is 0. The van der Waals surface area contributed by atoms with Crippen LogP contribution < -0.4 is 22.1 Å². The number of nitrogens with two attached hydrogens (primary N) is 2. The Morgan fingerprint density at radius 1 is 0.708 bits per heavy atom. The van der Waals surface area contributed by atoms with Crippen molar-refractivity contribution in [2.75, 3.05) is 11.5 Å². The Bertz CT molecular complexity index is 598. The molecule has 0 heterocycles. The van der Waals surface area contributed by atoms with E-state index in [-0.39, 0.29) is 0 Å². The Morgan fingerprint density at radius 2 is 1.12 bits per heavy atom. The Kier molecular flexibility index (Phi) is 5.72. The number of nitrogens with one attached hydrogen (secondary N) is 2. The molecule has 0 bridgehead atoms. The van der Waals surface area contributed by atoms with Crippen LogP contribution in [0.3, 0.4) is 0 Å². The first-order valence-electron chi connectivity index (χ1n) is 8.87. The third-order valence-electron chi connectivity index (χ3n) is 4.99. The number of hydrogen-bond donors (Lipinski definition) is 4. The first-order valence-corrected chi connectivity index (χ1v) is 8.87. The average molecular weight is 324 g/mol. The van der Waals surface area contributed by atoms with Crippen LogP contribution in [-0.4, -0.2) is 12.1 Å². The van der Waals surface area contributed by atoms with Crippen molar-refractivity contribution < 1.29 is 0 Å². The summed E-state index contributed by atoms with van der Waals surface area (Å²) in [6.07, 6.45) is 4.98. The number of para-hydroxylation sites is 2. The molecule has 128 valence electrons. The molecule has 0 aliphatic heterocycles. The smallest absolute Gasteiger partial charge is 0.0359 e. The predicted molar refractivity (Wildman–Crippen MR) is 101 cm³/mol. The van der Waals surface area contributed by atoms with Crippen LogP contribution in [-0.2, 0) is 13.1 Å². The molecule has 0 saturated heterocycles. The van der Waals surface area contributed by atoms with Crippen LogP contribution >= 0.6 is 0 Å². The van der Waals surface area contributed by atoms with Crippen molar-refractivity contribution in [3.05, 3.63) is 59.7 Å². The number of nitrogen functional groups attached to an aromatic ring is 2. The fourth-order valence-electron chi connectivity index (χ4n) is 3.49. The molecule has 4 nitrogen and oxygen atoms in total. The summed E-state index contributed by atoms with van der Waals surface area (Å²) in [7, 11) is 0. The highest BCUT2D eigenvalue weighted by Gasteiger charge is 2.24. The minimum Gasteiger partial charge on any atom is -0.398 e. The summed E-state index contributed by atoms with van der Waals surface area (Å²) in [6.45, 7) is 1.64. The van der Waals surface area contributed by atoms with Gasteiger partial charge >= 0.3 is 0 Å². The fourth-order valence-corrected chi connectivity index (χ4v) is 3.49. The van der Waals surface area contributed by atoms with Gasteiger partial charge in [-0.05, 0) is 36.1 Å². The maximum absolute atomic E-state index is 6.05. The first-order chi connectivity index (χ1) is 11.7. The summed E-state index contributed by atoms with van der Waals surface area (Å²) < 4.78 is 0. The third-order valence-corrected chi connectivity index (χ3v) is 4.99. The van der Waals surface area contributed by atoms with Crippen molar-refractivity contribution in [2.45, 2.75) is 50.9 Å². The second-order valence-corrected chi connectivity index (χ2v) is 6.66. The van der Waals surface area contributed by atoms with E-state index < -0.39 is 0 Å². The molecule has 24 heavy (non-hydrogen) atoms. The van der Waals surface area contributed by atoms with E-state index in [0.29, 0.717) is 12.1 Å². The van der Waals surface area contributed by atoms with Gasteiger partial charge in [-0.15, -0.1) is 0 Å². The van der Waals surface area contributed by atoms with Crippen LogP contribution in [0.15, 0.2) is 48.5 Å². The molecule has 2 aromatic carbocycles. The molecule has 3 rings (SSSR count). The van der Waals surface area contributed by atoms with E-state index in [2.05, 4.69) is 22.8 Å². The molecule has 4 heteroatoms. The van der Waals surface area contributed by atoms with Gasteiger partial charge in [-0.3, -0.25) is 0 Å². The molecule has 0 radical (unpaired) electrons. The van der Waals surface area contributed by atoms with Crippen molar-refractivity contribution in [2.24, 2.45) is 0 Å². The highest BCUT2D eigenvalue weighted by molar-refractivity contribution is 5.46. The van der Waals surface area contributed by atoms with Crippen LogP contribution in [0, 0.1) is 0 Å². The SMILES string of the molecule is Nc1ccccc1CN[C@@H]1CCCC[C@H]1NCc1ccccc1N. The minimum absolute atomic E-state index is 0.475. The summed E-state index contributed by atoms with van der Waals surface area (Å²) in [5.41, 5.74) is 16.2. The quantitative estimate of drug-likeness (QED) is 0.616. The topological polar surface area (TPSA) is 76.1 Å². The second-order valence-electron chi connectivity index (χ2n) is 6.66. The van der Waals surface area contributed by atoms with E-state index in [0.717, 1.165) is 24.5 Å². The lowest BCUT2D eigenvalue weighted by atomic mass is 9.90. The molecule has 6 N–H and O–H groups in total. The lowest BCUT2D eigenvalue weighted by Crippen LogP contribution is -2.49. The molecular formula is C20H28N4. The minimum atomic E-state index is 0.475. The highest BCUT2D eigenvalue weighted by atomic mass is 15.0. The van der Waals surface area contributed by atoms with Crippen LogP contribution in [0.5, 0.6) is 0 Å². The van der Waals surface area contributed by atoms with E-state index in [9.17, 15) is 0 Å². The lowest BCUT2D eigenvalue weighted by Gasteiger charge is -2.33. The van der Waals surface area contributed by atoms with Crippen molar-refractivity contribution in [1.29, 1.82) is 0 Å². The zero-order valence-electron chi connectivity index (χ0n) is 14.2. The van der Waals surface area contributed by atoms with Gasteiger partial charge in [-0.2, -0.15) is 0 Å². The number of hydrogen-bond acceptors (Lipinski definition) is 4. The van der Waals surface area contributed by atoms with Gasteiger partial charge in [0, 0.05) is 36.5 Å². The molecule has 1 aliphatic rings. The summed E-state index contributed by atoms with van der Waals surface area (Å²) >= 11 is 0. The molecule has 2 atom stereocenters. The molecule has 0 spiro atoms. The fraction of sp³-hybridized carbons (Fsp3) is 0.400. The Hall–Kier alpha value is -2.04. The van der Waals surface area contributed by atoms with Gasteiger partial charge < -0.3 is 22.1 Å². The predicted octanol–water partition coefficient (Wildman–Crippen LogP) is 3.04. The van der Waals surface area contributed by atoms with Crippen molar-refractivity contribution in [3.8, 4) is 0 Å². The average Bonchev–Trinajstić information content (AvgIpc) is 2.61. The zero-order chi connectivity index (χ0) is 16.8. The molecule has 0 unspecified atom stereocenters. The van der Waals surface area contributed by atoms with E-state index in [4.69, 9.17) is 11.5 Å². The lowest BCUT2D eigenvalue weighted by molar-refractivity contribution is 0.281. The zero-order valence-corrected chi connectivity index (χ0v) is 14.2. The van der Waals surface area contributed by atoms with Crippen LogP contribution in [0.4, 0.5) is 11.4 Å². The van der Waals surface area contributed by atoms with Gasteiger partial charge in [0.15, 0.2) is 0 Å². The summed E-state index contributed by atoms with van der Waals surface area (Å²) in [4.78, 5) is 0. The van der Waals surface area contributed by atoms with Gasteiger partial charge in [0.05, 0.1) is 0 Å². The Balaban J connectivity index is 1.57. The largest absolute Gasteiger partial charge is 0.398 e. The number of rotatable bonds is 6. The normalized spacial score (nSPS) is 20.8. The molecule has 2 aromatic rings. The number of benzene rings is 2. The van der Waals surface area contributed by atoms with Gasteiger partial charge in [-0.1, -0.05) is 49.2 Å². The van der Waals surface area contributed by atoms with Crippen molar-refractivity contribution >= 4 is 11.4 Å². The molecule has 0 amide bonds. The van der Waals surface area contributed by atoms with E-state index in [1.54, 1.807) is 0 Å². The van der Waals surface area contributed by atoms with Gasteiger partial charge in [0.1, 0.15) is 0 Å². The van der Waals surface area contributed by atoms with Gasteiger partial charge in [-0.25, -0.2) is 0 Å². The van der Waals surface area contributed by atoms with Crippen LogP contribution in [0.25, 0.3) is 0 Å². The van der Waals surface area contributed by atoms with Crippen molar-refractivity contribution in [3.63, 3.8) is 0 Å². The number of anilines is 2. The standard InChI is InChI=1S/C20H28N4/c21-17-9-3-1-7-15(17)13-23-19-11-5-6-12-20(19)24-14-16-8-2-4-10-18(16)22/h1-4,7-10,19-20,23-24H,5-6,11-14,21-22H2/t19-,20-/m1/s1. The third kappa shape index (κ3) is 4.28. The van der Waals surface area contributed by atoms with Crippen LogP contribution in [0.1, 0.15) is 36.8 Å². The molecule has 1 fully saturated rings. The molecular weight excluding hydrogens is 296 g/mol. The van der Waals surface area contributed by atoms with Crippen LogP contribution in [0.2, 0.25) is 0 Å². The molecule has 1 saturated carbocycles. The van der Waals surface area contributed by atoms with Gasteiger partial charge in [0.25, 0.3) is 0 Å². The maximum atomic E-state index is 6.05. The maximum Gasteiger partial charge on any atom is 0.0359 e. The van der Waals surface area contributed by atoms with Gasteiger partial charge in [0.2, 0.25) is 0 Å². The summed E-state index contributed by atoms with van der Waals surface area (Å²) in [5, 5.41) is 7.41.